The summed E-state index contributed by atoms with van der Waals surface area (Å²) >= 11 is 7.12. The molecule has 0 radical (unpaired) electrons. The molecule has 0 aromatic heterocycles. The molecule has 1 aromatic rings. The second-order valence-electron chi connectivity index (χ2n) is 4.87. The number of hydrogen-bond donors (Lipinski definition) is 1. The molecule has 0 heterocycles. The van der Waals surface area contributed by atoms with Crippen LogP contribution in [0.2, 0.25) is 0 Å². The van der Waals surface area contributed by atoms with Gasteiger partial charge in [0.05, 0.1) is 0 Å². The molecule has 0 unspecified atom stereocenters. The van der Waals surface area contributed by atoms with Crippen molar-refractivity contribution in [2.75, 3.05) is 17.2 Å². The molecule has 19 heavy (non-hydrogen) atoms. The van der Waals surface area contributed by atoms with Gasteiger partial charge in [-0.1, -0.05) is 32.1 Å². The average molecular weight is 294 g/mol. The molecule has 1 aromatic carbocycles. The Morgan fingerprint density at radius 2 is 2.16 bits per heavy atom. The predicted octanol–water partition coefficient (Wildman–Crippen LogP) is 3.81. The van der Waals surface area contributed by atoms with E-state index < -0.39 is 0 Å². The molecule has 1 aliphatic carbocycles. The van der Waals surface area contributed by atoms with Crippen molar-refractivity contribution in [2.24, 2.45) is 5.73 Å². The summed E-state index contributed by atoms with van der Waals surface area (Å²) < 4.78 is 0. The zero-order valence-electron chi connectivity index (χ0n) is 11.7. The molecular weight excluding hydrogens is 272 g/mol. The van der Waals surface area contributed by atoms with Crippen LogP contribution in [0.25, 0.3) is 0 Å². The summed E-state index contributed by atoms with van der Waals surface area (Å²) in [6.45, 7) is 5.46. The number of nitrogens with zero attached hydrogens (tertiary/aromatic N) is 1. The zero-order valence-corrected chi connectivity index (χ0v) is 13.3. The van der Waals surface area contributed by atoms with E-state index in [1.54, 1.807) is 0 Å². The van der Waals surface area contributed by atoms with Gasteiger partial charge in [0, 0.05) is 28.7 Å². The van der Waals surface area contributed by atoms with Crippen molar-refractivity contribution in [2.45, 2.75) is 44.0 Å². The molecule has 0 amide bonds. The highest BCUT2D eigenvalue weighted by Gasteiger charge is 2.30. The SMILES string of the molecule is CCCN(c1cccc(SCC)c1C(N)=S)C1CC1. The average Bonchev–Trinajstić information content (AvgIpc) is 3.20. The molecule has 2 nitrogen and oxygen atoms in total. The number of thioether (sulfide) groups is 1. The molecule has 1 saturated carbocycles. The molecule has 2 rings (SSSR count). The second kappa shape index (κ2) is 6.62. The highest BCUT2D eigenvalue weighted by atomic mass is 32.2. The number of hydrogen-bond acceptors (Lipinski definition) is 3. The monoisotopic (exact) mass is 294 g/mol. The zero-order chi connectivity index (χ0) is 13.8. The van der Waals surface area contributed by atoms with Crippen LogP contribution in [0.5, 0.6) is 0 Å². The van der Waals surface area contributed by atoms with Crippen molar-refractivity contribution in [3.05, 3.63) is 23.8 Å². The van der Waals surface area contributed by atoms with Gasteiger partial charge in [-0.3, -0.25) is 0 Å². The fourth-order valence-electron chi connectivity index (χ4n) is 2.41. The lowest BCUT2D eigenvalue weighted by atomic mass is 10.1. The van der Waals surface area contributed by atoms with E-state index in [2.05, 4.69) is 36.9 Å². The fraction of sp³-hybridized carbons (Fsp3) is 0.533. The lowest BCUT2D eigenvalue weighted by Gasteiger charge is -2.27. The largest absolute Gasteiger partial charge is 0.389 e. The summed E-state index contributed by atoms with van der Waals surface area (Å²) in [5.74, 6) is 1.04. The van der Waals surface area contributed by atoms with Crippen LogP contribution in [0.15, 0.2) is 23.1 Å². The van der Waals surface area contributed by atoms with E-state index in [4.69, 9.17) is 18.0 Å². The molecule has 0 atom stereocenters. The summed E-state index contributed by atoms with van der Waals surface area (Å²) in [7, 11) is 0. The summed E-state index contributed by atoms with van der Waals surface area (Å²) in [6.07, 6.45) is 3.74. The van der Waals surface area contributed by atoms with Gasteiger partial charge in [-0.2, -0.15) is 0 Å². The van der Waals surface area contributed by atoms with E-state index in [9.17, 15) is 0 Å². The third-order valence-electron chi connectivity index (χ3n) is 3.31. The lowest BCUT2D eigenvalue weighted by molar-refractivity contribution is 0.761. The number of rotatable bonds is 7. The third kappa shape index (κ3) is 3.42. The second-order valence-corrected chi connectivity index (χ2v) is 6.62. The van der Waals surface area contributed by atoms with Crippen molar-refractivity contribution >= 4 is 34.7 Å². The van der Waals surface area contributed by atoms with Gasteiger partial charge in [0.1, 0.15) is 4.99 Å². The summed E-state index contributed by atoms with van der Waals surface area (Å²) in [5.41, 5.74) is 8.30. The Morgan fingerprint density at radius 3 is 2.68 bits per heavy atom. The van der Waals surface area contributed by atoms with E-state index in [0.29, 0.717) is 11.0 Å². The first-order valence-electron chi connectivity index (χ1n) is 7.01. The quantitative estimate of drug-likeness (QED) is 0.611. The molecule has 1 aliphatic rings. The molecule has 104 valence electrons. The normalized spacial score (nSPS) is 14.4. The smallest absolute Gasteiger partial charge is 0.107 e. The molecule has 2 N–H and O–H groups in total. The van der Waals surface area contributed by atoms with Gasteiger partial charge in [-0.15, -0.1) is 11.8 Å². The van der Waals surface area contributed by atoms with Gasteiger partial charge in [-0.05, 0) is 37.1 Å². The van der Waals surface area contributed by atoms with E-state index in [0.717, 1.165) is 24.3 Å². The van der Waals surface area contributed by atoms with Gasteiger partial charge in [0.25, 0.3) is 0 Å². The van der Waals surface area contributed by atoms with E-state index in [1.807, 2.05) is 11.8 Å². The van der Waals surface area contributed by atoms with Gasteiger partial charge in [0.15, 0.2) is 0 Å². The van der Waals surface area contributed by atoms with Crippen LogP contribution < -0.4 is 10.6 Å². The number of thiocarbonyl (C=S) groups is 1. The van der Waals surface area contributed by atoms with E-state index in [1.165, 1.54) is 23.4 Å². The first-order valence-corrected chi connectivity index (χ1v) is 8.40. The minimum absolute atomic E-state index is 0.522. The first-order chi connectivity index (χ1) is 9.19. The number of benzene rings is 1. The Kier molecular flexibility index (Phi) is 5.11. The fourth-order valence-corrected chi connectivity index (χ4v) is 3.53. The van der Waals surface area contributed by atoms with E-state index >= 15 is 0 Å². The van der Waals surface area contributed by atoms with Gasteiger partial charge < -0.3 is 10.6 Å². The van der Waals surface area contributed by atoms with Gasteiger partial charge in [0.2, 0.25) is 0 Å². The minimum atomic E-state index is 0.522. The first kappa shape index (κ1) is 14.7. The van der Waals surface area contributed by atoms with E-state index in [-0.39, 0.29) is 0 Å². The van der Waals surface area contributed by atoms with Crippen LogP contribution in [0.1, 0.15) is 38.7 Å². The Balaban J connectivity index is 2.41. The van der Waals surface area contributed by atoms with Crippen LogP contribution in [0, 0.1) is 0 Å². The maximum Gasteiger partial charge on any atom is 0.107 e. The van der Waals surface area contributed by atoms with Crippen molar-refractivity contribution in [1.29, 1.82) is 0 Å². The Bertz CT molecular complexity index is 455. The summed E-state index contributed by atoms with van der Waals surface area (Å²) in [5, 5.41) is 0. The van der Waals surface area contributed by atoms with Crippen LogP contribution in [-0.2, 0) is 0 Å². The Labute approximate surface area is 125 Å². The molecule has 0 saturated heterocycles. The Morgan fingerprint density at radius 1 is 1.42 bits per heavy atom. The molecule has 0 spiro atoms. The highest BCUT2D eigenvalue weighted by Crippen LogP contribution is 2.37. The van der Waals surface area contributed by atoms with Crippen LogP contribution in [0.4, 0.5) is 5.69 Å². The lowest BCUT2D eigenvalue weighted by Crippen LogP contribution is -2.29. The summed E-state index contributed by atoms with van der Waals surface area (Å²) in [4.78, 5) is 4.23. The van der Waals surface area contributed by atoms with Crippen LogP contribution in [0.3, 0.4) is 0 Å². The third-order valence-corrected chi connectivity index (χ3v) is 4.46. The van der Waals surface area contributed by atoms with Crippen LogP contribution >= 0.6 is 24.0 Å². The topological polar surface area (TPSA) is 29.3 Å². The maximum atomic E-state index is 5.99. The number of nitrogens with two attached hydrogens (primary N) is 1. The standard InChI is InChI=1S/C15H22N2S2/c1-3-10-17(11-8-9-11)12-6-5-7-13(19-4-2)14(12)15(16)18/h5-7,11H,3-4,8-10H2,1-2H3,(H2,16,18). The number of anilines is 1. The van der Waals surface area contributed by atoms with Gasteiger partial charge in [-0.25, -0.2) is 0 Å². The van der Waals surface area contributed by atoms with Crippen molar-refractivity contribution in [1.82, 2.24) is 0 Å². The maximum absolute atomic E-state index is 5.99. The van der Waals surface area contributed by atoms with Crippen molar-refractivity contribution in [3.8, 4) is 0 Å². The van der Waals surface area contributed by atoms with Crippen molar-refractivity contribution in [3.63, 3.8) is 0 Å². The molecule has 1 fully saturated rings. The summed E-state index contributed by atoms with van der Waals surface area (Å²) in [6, 6.07) is 7.11. The minimum Gasteiger partial charge on any atom is -0.389 e. The molecule has 0 bridgehead atoms. The van der Waals surface area contributed by atoms with Gasteiger partial charge >= 0.3 is 0 Å². The molecule has 4 heteroatoms. The predicted molar refractivity (Wildman–Crippen MR) is 89.4 cm³/mol. The molecular formula is C15H22N2S2. The molecule has 0 aliphatic heterocycles. The highest BCUT2D eigenvalue weighted by molar-refractivity contribution is 7.99. The van der Waals surface area contributed by atoms with Crippen LogP contribution in [-0.4, -0.2) is 23.3 Å². The Hall–Kier alpha value is -0.740. The van der Waals surface area contributed by atoms with Crippen molar-refractivity contribution < 1.29 is 0 Å².